The van der Waals surface area contributed by atoms with Gasteiger partial charge in [0.1, 0.15) is 5.82 Å². The fraction of sp³-hybridized carbons (Fsp3) is 0.579. The van der Waals surface area contributed by atoms with Gasteiger partial charge in [-0.3, -0.25) is 9.69 Å². The summed E-state index contributed by atoms with van der Waals surface area (Å²) in [6.07, 6.45) is 4.87. The number of carbonyl (C=O) groups is 1. The number of rotatable bonds is 3. The average molecular weight is 324 g/mol. The van der Waals surface area contributed by atoms with E-state index in [-0.39, 0.29) is 11.9 Å². The van der Waals surface area contributed by atoms with Crippen LogP contribution in [0, 0.1) is 5.92 Å². The average Bonchev–Trinajstić information content (AvgIpc) is 3.07. The summed E-state index contributed by atoms with van der Waals surface area (Å²) >= 11 is 0. The molecule has 5 rings (SSSR count). The second-order valence-electron chi connectivity index (χ2n) is 7.73. The number of hydrogen-bond donors (Lipinski definition) is 1. The monoisotopic (exact) mass is 324 g/mol. The molecule has 1 saturated carbocycles. The van der Waals surface area contributed by atoms with Gasteiger partial charge < -0.3 is 9.88 Å². The van der Waals surface area contributed by atoms with E-state index in [4.69, 9.17) is 0 Å². The van der Waals surface area contributed by atoms with Crippen molar-refractivity contribution in [2.45, 2.75) is 51.2 Å². The number of amides is 1. The predicted molar refractivity (Wildman–Crippen MR) is 93.1 cm³/mol. The zero-order chi connectivity index (χ0) is 16.3. The lowest BCUT2D eigenvalue weighted by atomic mass is 10.1. The van der Waals surface area contributed by atoms with Crippen molar-refractivity contribution in [3.05, 3.63) is 29.6 Å². The van der Waals surface area contributed by atoms with Crippen molar-refractivity contribution in [3.8, 4) is 0 Å². The van der Waals surface area contributed by atoms with E-state index in [9.17, 15) is 4.79 Å². The molecule has 0 unspecified atom stereocenters. The largest absolute Gasteiger partial charge is 0.348 e. The van der Waals surface area contributed by atoms with E-state index in [2.05, 4.69) is 26.7 Å². The fourth-order valence-electron chi connectivity index (χ4n) is 4.33. The zero-order valence-corrected chi connectivity index (χ0v) is 14.2. The van der Waals surface area contributed by atoms with Gasteiger partial charge in [0.25, 0.3) is 5.91 Å². The van der Waals surface area contributed by atoms with Gasteiger partial charge in [-0.15, -0.1) is 0 Å². The third-order valence-electron chi connectivity index (χ3n) is 5.89. The molecule has 2 atom stereocenters. The number of aryl methyl sites for hydroxylation is 2. The number of likely N-dealkylation sites (tertiary alicyclic amines) is 1. The quantitative estimate of drug-likeness (QED) is 0.942. The van der Waals surface area contributed by atoms with Crippen LogP contribution in [0.3, 0.4) is 0 Å². The number of nitrogens with one attached hydrogen (secondary N) is 1. The van der Waals surface area contributed by atoms with E-state index in [1.807, 2.05) is 18.2 Å². The number of carbonyl (C=O) groups excluding carboxylic acids is 1. The Labute approximate surface area is 142 Å². The van der Waals surface area contributed by atoms with E-state index in [0.717, 1.165) is 60.9 Å². The molecule has 2 fully saturated rings. The maximum absolute atomic E-state index is 12.7. The number of nitrogens with zero attached hydrogens (tertiary/aromatic N) is 3. The summed E-state index contributed by atoms with van der Waals surface area (Å²) in [5.41, 5.74) is 2.87. The molecule has 3 aliphatic rings. The molecule has 1 N–H and O–H groups in total. The third-order valence-corrected chi connectivity index (χ3v) is 5.89. The first-order chi connectivity index (χ1) is 11.7. The topological polar surface area (TPSA) is 50.2 Å². The van der Waals surface area contributed by atoms with E-state index in [0.29, 0.717) is 5.92 Å². The van der Waals surface area contributed by atoms with Gasteiger partial charge in [-0.1, -0.05) is 6.92 Å². The van der Waals surface area contributed by atoms with Gasteiger partial charge in [-0.25, -0.2) is 4.98 Å². The first-order valence-corrected chi connectivity index (χ1v) is 9.23. The molecule has 1 aliphatic carbocycles. The van der Waals surface area contributed by atoms with Crippen molar-refractivity contribution < 1.29 is 4.79 Å². The smallest absolute Gasteiger partial charge is 0.251 e. The lowest BCUT2D eigenvalue weighted by molar-refractivity contribution is 0.0931. The summed E-state index contributed by atoms with van der Waals surface area (Å²) in [6.45, 7) is 5.39. The first kappa shape index (κ1) is 14.5. The summed E-state index contributed by atoms with van der Waals surface area (Å²) < 4.78 is 2.26. The lowest BCUT2D eigenvalue weighted by Gasteiger charge is -2.17. The molecule has 0 bridgehead atoms. The Kier molecular flexibility index (Phi) is 3.20. The minimum atomic E-state index is 0.0555. The van der Waals surface area contributed by atoms with Crippen LogP contribution in [0.5, 0.6) is 0 Å². The van der Waals surface area contributed by atoms with Gasteiger partial charge in [0.2, 0.25) is 0 Å². The molecule has 5 heteroatoms. The summed E-state index contributed by atoms with van der Waals surface area (Å²) in [7, 11) is 0. The number of benzene rings is 1. The van der Waals surface area contributed by atoms with Gasteiger partial charge in [-0.2, -0.15) is 0 Å². The van der Waals surface area contributed by atoms with Gasteiger partial charge >= 0.3 is 0 Å². The molecule has 1 aromatic heterocycles. The van der Waals surface area contributed by atoms with Crippen molar-refractivity contribution >= 4 is 16.9 Å². The molecule has 0 radical (unpaired) electrons. The van der Waals surface area contributed by atoms with E-state index in [1.165, 1.54) is 12.8 Å². The van der Waals surface area contributed by atoms with Gasteiger partial charge in [0, 0.05) is 43.7 Å². The normalized spacial score (nSPS) is 26.9. The molecule has 0 spiro atoms. The zero-order valence-electron chi connectivity index (χ0n) is 14.2. The molecule has 126 valence electrons. The van der Waals surface area contributed by atoms with E-state index >= 15 is 0 Å². The van der Waals surface area contributed by atoms with Crippen LogP contribution >= 0.6 is 0 Å². The summed E-state index contributed by atoms with van der Waals surface area (Å²) in [5.74, 6) is 1.74. The Morgan fingerprint density at radius 3 is 3.00 bits per heavy atom. The molecule has 1 amide bonds. The Bertz CT molecular complexity index is 807. The first-order valence-electron chi connectivity index (χ1n) is 9.23. The van der Waals surface area contributed by atoms with Crippen LogP contribution in [0.25, 0.3) is 11.0 Å². The highest BCUT2D eigenvalue weighted by Gasteiger charge is 2.38. The van der Waals surface area contributed by atoms with Crippen LogP contribution in [0.4, 0.5) is 0 Å². The summed E-state index contributed by atoms with van der Waals surface area (Å²) in [6, 6.07) is 6.97. The summed E-state index contributed by atoms with van der Waals surface area (Å²) in [4.78, 5) is 20.0. The SMILES string of the molecule is C[C@@H]1CN(C2CC2)C[C@H]1NC(=O)c1ccc2nc3n(c2c1)CCC3. The van der Waals surface area contributed by atoms with Crippen molar-refractivity contribution in [2.24, 2.45) is 5.92 Å². The van der Waals surface area contributed by atoms with Crippen LogP contribution in [-0.2, 0) is 13.0 Å². The van der Waals surface area contributed by atoms with E-state index < -0.39 is 0 Å². The predicted octanol–water partition coefficient (Wildman–Crippen LogP) is 2.20. The third kappa shape index (κ3) is 2.34. The van der Waals surface area contributed by atoms with Crippen LogP contribution in [-0.4, -0.2) is 45.5 Å². The van der Waals surface area contributed by atoms with E-state index in [1.54, 1.807) is 0 Å². The number of hydrogen-bond acceptors (Lipinski definition) is 3. The minimum absolute atomic E-state index is 0.0555. The van der Waals surface area contributed by atoms with Crippen LogP contribution in [0.2, 0.25) is 0 Å². The highest BCUT2D eigenvalue weighted by atomic mass is 16.1. The highest BCUT2D eigenvalue weighted by molar-refractivity contribution is 5.97. The molecule has 2 aromatic rings. The highest BCUT2D eigenvalue weighted by Crippen LogP contribution is 2.32. The molecule has 24 heavy (non-hydrogen) atoms. The van der Waals surface area contributed by atoms with Crippen molar-refractivity contribution in [1.29, 1.82) is 0 Å². The number of fused-ring (bicyclic) bond motifs is 3. The van der Waals surface area contributed by atoms with Crippen molar-refractivity contribution in [1.82, 2.24) is 19.8 Å². The van der Waals surface area contributed by atoms with Crippen molar-refractivity contribution in [2.75, 3.05) is 13.1 Å². The lowest BCUT2D eigenvalue weighted by Crippen LogP contribution is -2.40. The van der Waals surface area contributed by atoms with Crippen LogP contribution < -0.4 is 5.32 Å². The van der Waals surface area contributed by atoms with Crippen LogP contribution in [0.15, 0.2) is 18.2 Å². The maximum atomic E-state index is 12.7. The minimum Gasteiger partial charge on any atom is -0.348 e. The fourth-order valence-corrected chi connectivity index (χ4v) is 4.33. The van der Waals surface area contributed by atoms with Gasteiger partial charge in [0.15, 0.2) is 0 Å². The molecule has 3 heterocycles. The van der Waals surface area contributed by atoms with Crippen molar-refractivity contribution in [3.63, 3.8) is 0 Å². The summed E-state index contributed by atoms with van der Waals surface area (Å²) in [5, 5.41) is 3.27. The van der Waals surface area contributed by atoms with Gasteiger partial charge in [-0.05, 0) is 43.4 Å². The molecule has 1 aromatic carbocycles. The Morgan fingerprint density at radius 2 is 2.17 bits per heavy atom. The van der Waals surface area contributed by atoms with Crippen LogP contribution in [0.1, 0.15) is 42.4 Å². The Hall–Kier alpha value is -1.88. The molecule has 5 nitrogen and oxygen atoms in total. The Morgan fingerprint density at radius 1 is 1.29 bits per heavy atom. The maximum Gasteiger partial charge on any atom is 0.251 e. The second-order valence-corrected chi connectivity index (χ2v) is 7.73. The number of aromatic nitrogens is 2. The van der Waals surface area contributed by atoms with Gasteiger partial charge in [0.05, 0.1) is 11.0 Å². The molecule has 2 aliphatic heterocycles. The molecule has 1 saturated heterocycles. The molecular weight excluding hydrogens is 300 g/mol. The second kappa shape index (κ2) is 5.31. The Balaban J connectivity index is 1.36. The number of imidazole rings is 1. The molecular formula is C19H24N4O. The standard InChI is InChI=1S/C19H24N4O/c1-12-10-22(14-5-6-14)11-16(12)21-19(24)13-4-7-15-17(9-13)23-8-2-3-18(23)20-15/h4,7,9,12,14,16H,2-3,5-6,8,10-11H2,1H3,(H,21,24)/t12-,16-/m1/s1.